The van der Waals surface area contributed by atoms with E-state index in [1.165, 1.54) is 32.4 Å². The van der Waals surface area contributed by atoms with Crippen molar-refractivity contribution in [2.45, 2.75) is 25.8 Å². The minimum Gasteiger partial charge on any atom is -0.497 e. The van der Waals surface area contributed by atoms with E-state index in [4.69, 9.17) is 4.74 Å². The van der Waals surface area contributed by atoms with Crippen molar-refractivity contribution in [3.63, 3.8) is 0 Å². The molecule has 0 radical (unpaired) electrons. The van der Waals surface area contributed by atoms with Crippen molar-refractivity contribution in [1.82, 2.24) is 9.80 Å². The third-order valence-corrected chi connectivity index (χ3v) is 6.57. The smallest absolute Gasteiger partial charge is 0.312 e. The molecule has 3 fully saturated rings. The molecule has 26 heavy (non-hydrogen) atoms. The maximum atomic E-state index is 14.3. The van der Waals surface area contributed by atoms with E-state index in [0.29, 0.717) is 30.9 Å². The zero-order chi connectivity index (χ0) is 18.3. The van der Waals surface area contributed by atoms with Crippen LogP contribution in [0, 0.1) is 23.1 Å². The minimum atomic E-state index is -0.702. The van der Waals surface area contributed by atoms with E-state index in [0.717, 1.165) is 25.6 Å². The van der Waals surface area contributed by atoms with Gasteiger partial charge in [0.15, 0.2) is 0 Å². The molecule has 1 aromatic rings. The van der Waals surface area contributed by atoms with Crippen LogP contribution in [-0.4, -0.2) is 60.7 Å². The SMILES string of the molecule is COc1ccc(CN2C[C@H]3CN(CC4CCC4)C[C@@]3(C(=O)O)C2)c(F)c1. The van der Waals surface area contributed by atoms with Gasteiger partial charge in [-0.3, -0.25) is 9.69 Å². The molecular weight excluding hydrogens is 335 g/mol. The van der Waals surface area contributed by atoms with Gasteiger partial charge in [0.2, 0.25) is 0 Å². The Kier molecular flexibility index (Phi) is 4.65. The lowest BCUT2D eigenvalue weighted by Crippen LogP contribution is -2.41. The van der Waals surface area contributed by atoms with Crippen LogP contribution in [0.2, 0.25) is 0 Å². The first kappa shape index (κ1) is 17.7. The van der Waals surface area contributed by atoms with Crippen LogP contribution in [0.4, 0.5) is 4.39 Å². The number of rotatable bonds is 6. The second-order valence-electron chi connectivity index (χ2n) is 8.28. The van der Waals surface area contributed by atoms with Crippen LogP contribution in [0.5, 0.6) is 5.75 Å². The number of ether oxygens (including phenoxy) is 1. The van der Waals surface area contributed by atoms with Crippen LogP contribution in [0.1, 0.15) is 24.8 Å². The maximum absolute atomic E-state index is 14.3. The van der Waals surface area contributed by atoms with Crippen molar-refractivity contribution in [3.8, 4) is 5.75 Å². The van der Waals surface area contributed by atoms with Gasteiger partial charge in [-0.2, -0.15) is 0 Å². The summed E-state index contributed by atoms with van der Waals surface area (Å²) in [6.07, 6.45) is 3.88. The predicted octanol–water partition coefficient (Wildman–Crippen LogP) is 2.45. The fourth-order valence-corrected chi connectivity index (χ4v) is 4.90. The number of nitrogens with zero attached hydrogens (tertiary/aromatic N) is 2. The summed E-state index contributed by atoms with van der Waals surface area (Å²) in [5.41, 5.74) is -0.107. The molecule has 0 unspecified atom stereocenters. The first-order valence-electron chi connectivity index (χ1n) is 9.51. The van der Waals surface area contributed by atoms with Crippen molar-refractivity contribution < 1.29 is 19.0 Å². The number of hydrogen-bond acceptors (Lipinski definition) is 4. The highest BCUT2D eigenvalue weighted by atomic mass is 19.1. The van der Waals surface area contributed by atoms with E-state index in [1.54, 1.807) is 12.1 Å². The van der Waals surface area contributed by atoms with Crippen LogP contribution in [0.25, 0.3) is 0 Å². The Morgan fingerprint density at radius 1 is 1.31 bits per heavy atom. The van der Waals surface area contributed by atoms with Gasteiger partial charge in [-0.15, -0.1) is 0 Å². The average Bonchev–Trinajstić information content (AvgIpc) is 3.07. The lowest BCUT2D eigenvalue weighted by atomic mass is 9.81. The molecule has 2 atom stereocenters. The van der Waals surface area contributed by atoms with Gasteiger partial charge >= 0.3 is 5.97 Å². The molecule has 0 spiro atoms. The molecule has 1 N–H and O–H groups in total. The number of halogens is 1. The molecule has 4 rings (SSSR count). The van der Waals surface area contributed by atoms with E-state index in [9.17, 15) is 14.3 Å². The van der Waals surface area contributed by atoms with Gasteiger partial charge in [0.05, 0.1) is 12.5 Å². The molecule has 6 heteroatoms. The Labute approximate surface area is 153 Å². The molecule has 1 saturated carbocycles. The van der Waals surface area contributed by atoms with Gasteiger partial charge in [0, 0.05) is 56.8 Å². The summed E-state index contributed by atoms with van der Waals surface area (Å²) in [5, 5.41) is 9.96. The zero-order valence-corrected chi connectivity index (χ0v) is 15.3. The van der Waals surface area contributed by atoms with Gasteiger partial charge in [-0.1, -0.05) is 12.5 Å². The number of hydrogen-bond donors (Lipinski definition) is 1. The Bertz CT molecular complexity index is 694. The number of carboxylic acid groups (broad SMARTS) is 1. The molecule has 0 aromatic heterocycles. The number of likely N-dealkylation sites (tertiary alicyclic amines) is 2. The largest absolute Gasteiger partial charge is 0.497 e. The summed E-state index contributed by atoms with van der Waals surface area (Å²) < 4.78 is 19.3. The van der Waals surface area contributed by atoms with Crippen molar-refractivity contribution in [1.29, 1.82) is 0 Å². The summed E-state index contributed by atoms with van der Waals surface area (Å²) in [6, 6.07) is 4.88. The zero-order valence-electron chi connectivity index (χ0n) is 15.3. The van der Waals surface area contributed by atoms with Gasteiger partial charge in [-0.05, 0) is 24.8 Å². The average molecular weight is 362 g/mol. The van der Waals surface area contributed by atoms with Crippen LogP contribution in [0.15, 0.2) is 18.2 Å². The van der Waals surface area contributed by atoms with E-state index < -0.39 is 11.4 Å². The second kappa shape index (κ2) is 6.82. The van der Waals surface area contributed by atoms with Gasteiger partial charge in [0.25, 0.3) is 0 Å². The lowest BCUT2D eigenvalue weighted by Gasteiger charge is -2.31. The third kappa shape index (κ3) is 3.09. The summed E-state index contributed by atoms with van der Waals surface area (Å²) in [6.45, 7) is 4.19. The monoisotopic (exact) mass is 362 g/mol. The number of carboxylic acids is 1. The Balaban J connectivity index is 1.43. The van der Waals surface area contributed by atoms with Crippen molar-refractivity contribution in [2.24, 2.45) is 17.3 Å². The van der Waals surface area contributed by atoms with Gasteiger partial charge in [0.1, 0.15) is 11.6 Å². The lowest BCUT2D eigenvalue weighted by molar-refractivity contribution is -0.149. The fraction of sp³-hybridized carbons (Fsp3) is 0.650. The predicted molar refractivity (Wildman–Crippen MR) is 95.6 cm³/mol. The highest BCUT2D eigenvalue weighted by Crippen LogP contribution is 2.44. The molecule has 2 aliphatic heterocycles. The third-order valence-electron chi connectivity index (χ3n) is 6.57. The van der Waals surface area contributed by atoms with Crippen molar-refractivity contribution in [2.75, 3.05) is 39.8 Å². The van der Waals surface area contributed by atoms with E-state index >= 15 is 0 Å². The molecular formula is C20H27FN2O3. The molecule has 0 bridgehead atoms. The quantitative estimate of drug-likeness (QED) is 0.842. The second-order valence-corrected chi connectivity index (χ2v) is 8.28. The molecule has 1 aromatic carbocycles. The molecule has 142 valence electrons. The number of aliphatic carboxylic acids is 1. The first-order chi connectivity index (χ1) is 12.5. The molecule has 3 aliphatic rings. The normalized spacial score (nSPS) is 29.5. The first-order valence-corrected chi connectivity index (χ1v) is 9.51. The van der Waals surface area contributed by atoms with Crippen LogP contribution < -0.4 is 4.74 Å². The summed E-state index contributed by atoms with van der Waals surface area (Å²) >= 11 is 0. The van der Waals surface area contributed by atoms with Crippen molar-refractivity contribution >= 4 is 5.97 Å². The highest BCUT2D eigenvalue weighted by molar-refractivity contribution is 5.77. The van der Waals surface area contributed by atoms with Gasteiger partial charge in [-0.25, -0.2) is 4.39 Å². The Morgan fingerprint density at radius 2 is 2.04 bits per heavy atom. The standard InChI is InChI=1S/C20H27FN2O3/c1-26-17-6-5-15(18(21)7-17)9-23-11-16-10-22(8-14-3-2-4-14)12-20(16,13-23)19(24)25/h5-7,14,16H,2-4,8-13H2,1H3,(H,24,25)/t16-,20-/m1/s1. The van der Waals surface area contributed by atoms with Crippen LogP contribution in [-0.2, 0) is 11.3 Å². The Hall–Kier alpha value is -1.66. The topological polar surface area (TPSA) is 53.0 Å². The van der Waals surface area contributed by atoms with E-state index in [2.05, 4.69) is 9.80 Å². The number of methoxy groups -OCH3 is 1. The van der Waals surface area contributed by atoms with Crippen LogP contribution in [0.3, 0.4) is 0 Å². The van der Waals surface area contributed by atoms with Gasteiger partial charge < -0.3 is 14.7 Å². The number of benzene rings is 1. The summed E-state index contributed by atoms with van der Waals surface area (Å²) in [4.78, 5) is 16.6. The number of carbonyl (C=O) groups is 1. The maximum Gasteiger partial charge on any atom is 0.312 e. The Morgan fingerprint density at radius 3 is 2.62 bits per heavy atom. The fourth-order valence-electron chi connectivity index (χ4n) is 4.90. The molecule has 1 aliphatic carbocycles. The molecule has 5 nitrogen and oxygen atoms in total. The molecule has 2 saturated heterocycles. The summed E-state index contributed by atoms with van der Waals surface area (Å²) in [5.74, 6) is 0.387. The summed E-state index contributed by atoms with van der Waals surface area (Å²) in [7, 11) is 1.52. The highest BCUT2D eigenvalue weighted by Gasteiger charge is 2.57. The number of fused-ring (bicyclic) bond motifs is 1. The van der Waals surface area contributed by atoms with Crippen LogP contribution >= 0.6 is 0 Å². The van der Waals surface area contributed by atoms with Crippen molar-refractivity contribution in [3.05, 3.63) is 29.6 Å². The van der Waals surface area contributed by atoms with E-state index in [1.807, 2.05) is 0 Å². The molecule has 0 amide bonds. The molecule has 2 heterocycles. The minimum absolute atomic E-state index is 0.126. The van der Waals surface area contributed by atoms with E-state index in [-0.39, 0.29) is 11.7 Å².